The molecule has 6 nitrogen and oxygen atoms in total. The second-order valence-electron chi connectivity index (χ2n) is 8.30. The summed E-state index contributed by atoms with van der Waals surface area (Å²) in [5, 5.41) is 6.63. The number of carbonyl (C=O) groups excluding carboxylic acids is 1. The Balaban J connectivity index is 1.18. The molecule has 6 heteroatoms. The van der Waals surface area contributed by atoms with Crippen molar-refractivity contribution < 1.29 is 9.53 Å². The number of nitrogens with zero attached hydrogens (tertiary/aromatic N) is 2. The number of benzene rings is 1. The monoisotopic (exact) mass is 384 g/mol. The number of amides is 1. The Bertz CT molecular complexity index is 685. The van der Waals surface area contributed by atoms with Crippen LogP contribution in [0, 0.1) is 5.92 Å². The average Bonchev–Trinajstić information content (AvgIpc) is 3.35. The van der Waals surface area contributed by atoms with Gasteiger partial charge in [0.15, 0.2) is 5.96 Å². The van der Waals surface area contributed by atoms with Gasteiger partial charge in [-0.05, 0) is 50.0 Å². The highest BCUT2D eigenvalue weighted by Crippen LogP contribution is 2.34. The van der Waals surface area contributed by atoms with Crippen molar-refractivity contribution in [3.63, 3.8) is 0 Å². The Kier molecular flexibility index (Phi) is 6.15. The zero-order valence-corrected chi connectivity index (χ0v) is 16.8. The molecule has 152 valence electrons. The molecule has 2 N–H and O–H groups in total. The molecule has 0 radical (unpaired) electrons. The molecule has 3 saturated heterocycles. The van der Waals surface area contributed by atoms with Crippen molar-refractivity contribution in [1.29, 1.82) is 0 Å². The van der Waals surface area contributed by atoms with Crippen LogP contribution in [0.15, 0.2) is 35.3 Å². The third-order valence-corrected chi connectivity index (χ3v) is 6.39. The van der Waals surface area contributed by atoms with Gasteiger partial charge in [-0.2, -0.15) is 0 Å². The number of rotatable bonds is 5. The van der Waals surface area contributed by atoms with Gasteiger partial charge in [0.1, 0.15) is 0 Å². The Labute approximate surface area is 167 Å². The first kappa shape index (κ1) is 19.2. The molecule has 4 rings (SSSR count). The van der Waals surface area contributed by atoms with Crippen LogP contribution in [0.25, 0.3) is 0 Å². The van der Waals surface area contributed by atoms with Crippen molar-refractivity contribution in [2.24, 2.45) is 10.9 Å². The molecule has 0 spiro atoms. The number of ether oxygens (including phenoxy) is 1. The zero-order chi connectivity index (χ0) is 19.3. The van der Waals surface area contributed by atoms with E-state index >= 15 is 0 Å². The number of likely N-dealkylation sites (tertiary alicyclic amines) is 1. The number of nitrogens with one attached hydrogen (secondary N) is 2. The number of guanidine groups is 1. The molecule has 0 aliphatic carbocycles. The first-order valence-electron chi connectivity index (χ1n) is 10.7. The highest BCUT2D eigenvalue weighted by Gasteiger charge is 2.41. The van der Waals surface area contributed by atoms with Crippen LogP contribution in [0.4, 0.5) is 0 Å². The van der Waals surface area contributed by atoms with Crippen LogP contribution in [0.5, 0.6) is 0 Å². The summed E-state index contributed by atoms with van der Waals surface area (Å²) >= 11 is 0. The van der Waals surface area contributed by atoms with Gasteiger partial charge in [-0.25, -0.2) is 0 Å². The van der Waals surface area contributed by atoms with Gasteiger partial charge in [-0.1, -0.05) is 30.3 Å². The van der Waals surface area contributed by atoms with Gasteiger partial charge >= 0.3 is 0 Å². The van der Waals surface area contributed by atoms with Gasteiger partial charge in [-0.15, -0.1) is 0 Å². The molecule has 28 heavy (non-hydrogen) atoms. The molecule has 3 aliphatic heterocycles. The number of hydrogen-bond acceptors (Lipinski definition) is 3. The maximum Gasteiger partial charge on any atom is 0.241 e. The third-order valence-electron chi connectivity index (χ3n) is 6.39. The second-order valence-corrected chi connectivity index (χ2v) is 8.30. The summed E-state index contributed by atoms with van der Waals surface area (Å²) in [5.74, 6) is 1.53. The quantitative estimate of drug-likeness (QED) is 0.602. The van der Waals surface area contributed by atoms with Crippen LogP contribution in [0.1, 0.15) is 37.7 Å². The van der Waals surface area contributed by atoms with E-state index in [4.69, 9.17) is 4.74 Å². The fraction of sp³-hybridized carbons (Fsp3) is 0.636. The van der Waals surface area contributed by atoms with Gasteiger partial charge in [0, 0.05) is 20.1 Å². The smallest absolute Gasteiger partial charge is 0.241 e. The normalized spacial score (nSPS) is 27.8. The van der Waals surface area contributed by atoms with Gasteiger partial charge in [0.05, 0.1) is 24.8 Å². The minimum absolute atomic E-state index is 0.158. The first-order valence-corrected chi connectivity index (χ1v) is 10.7. The highest BCUT2D eigenvalue weighted by molar-refractivity contribution is 5.86. The van der Waals surface area contributed by atoms with Crippen molar-refractivity contribution >= 4 is 11.9 Å². The van der Waals surface area contributed by atoms with E-state index in [1.54, 1.807) is 7.05 Å². The Morgan fingerprint density at radius 3 is 2.61 bits per heavy atom. The number of aliphatic imine (C=N–C) groups is 1. The topological polar surface area (TPSA) is 66.0 Å². The standard InChI is InChI=1S/C22H32N4O2/c1-23-22(25-19-14-18-7-8-20(19)28-18)24-15-21(27)26-11-9-17(10-12-26)13-16-5-3-2-4-6-16/h2-6,17-20H,7-15H2,1H3,(H2,23,24,25). The Hall–Kier alpha value is -2.08. The molecule has 3 unspecified atom stereocenters. The fourth-order valence-electron chi connectivity index (χ4n) is 4.77. The average molecular weight is 385 g/mol. The SMILES string of the molecule is CN=C(NCC(=O)N1CCC(Cc2ccccc2)CC1)NC1CC2CCC1O2. The largest absolute Gasteiger partial charge is 0.373 e. The Morgan fingerprint density at radius 1 is 1.18 bits per heavy atom. The lowest BCUT2D eigenvalue weighted by Crippen LogP contribution is -2.50. The van der Waals surface area contributed by atoms with Crippen LogP contribution in [-0.2, 0) is 16.0 Å². The molecule has 0 aromatic heterocycles. The van der Waals surface area contributed by atoms with E-state index < -0.39 is 0 Å². The summed E-state index contributed by atoms with van der Waals surface area (Å²) in [5.41, 5.74) is 1.40. The van der Waals surface area contributed by atoms with Crippen LogP contribution in [0.2, 0.25) is 0 Å². The van der Waals surface area contributed by atoms with E-state index in [9.17, 15) is 4.79 Å². The molecule has 2 bridgehead atoms. The van der Waals surface area contributed by atoms with Crippen LogP contribution >= 0.6 is 0 Å². The fourth-order valence-corrected chi connectivity index (χ4v) is 4.77. The molecule has 0 saturated carbocycles. The van der Waals surface area contributed by atoms with Crippen molar-refractivity contribution in [1.82, 2.24) is 15.5 Å². The minimum Gasteiger partial charge on any atom is -0.373 e. The van der Waals surface area contributed by atoms with E-state index in [0.29, 0.717) is 36.7 Å². The van der Waals surface area contributed by atoms with Crippen LogP contribution in [-0.4, -0.2) is 61.7 Å². The Morgan fingerprint density at radius 2 is 1.96 bits per heavy atom. The van der Waals surface area contributed by atoms with Gasteiger partial charge in [0.25, 0.3) is 0 Å². The predicted octanol–water partition coefficient (Wildman–Crippen LogP) is 1.95. The molecule has 1 amide bonds. The summed E-state index contributed by atoms with van der Waals surface area (Å²) in [7, 11) is 1.75. The molecule has 3 aliphatic rings. The van der Waals surface area contributed by atoms with E-state index in [1.165, 1.54) is 12.0 Å². The molecule has 3 atom stereocenters. The maximum absolute atomic E-state index is 12.6. The molecular weight excluding hydrogens is 352 g/mol. The second kappa shape index (κ2) is 8.95. The lowest BCUT2D eigenvalue weighted by Gasteiger charge is -2.32. The summed E-state index contributed by atoms with van der Waals surface area (Å²) in [4.78, 5) is 18.9. The molecule has 3 fully saturated rings. The van der Waals surface area contributed by atoms with Gasteiger partial charge in [0.2, 0.25) is 5.91 Å². The zero-order valence-electron chi connectivity index (χ0n) is 16.8. The summed E-state index contributed by atoms with van der Waals surface area (Å²) < 4.78 is 5.88. The van der Waals surface area contributed by atoms with Crippen LogP contribution < -0.4 is 10.6 Å². The van der Waals surface area contributed by atoms with E-state index in [1.807, 2.05) is 4.90 Å². The lowest BCUT2D eigenvalue weighted by atomic mass is 9.90. The summed E-state index contributed by atoms with van der Waals surface area (Å²) in [6.45, 7) is 2.00. The summed E-state index contributed by atoms with van der Waals surface area (Å²) in [6, 6.07) is 11.0. The minimum atomic E-state index is 0.158. The van der Waals surface area contributed by atoms with Crippen molar-refractivity contribution in [2.75, 3.05) is 26.7 Å². The highest BCUT2D eigenvalue weighted by atomic mass is 16.5. The lowest BCUT2D eigenvalue weighted by molar-refractivity contribution is -0.131. The van der Waals surface area contributed by atoms with Crippen molar-refractivity contribution in [3.8, 4) is 0 Å². The first-order chi connectivity index (χ1) is 13.7. The van der Waals surface area contributed by atoms with Gasteiger partial charge < -0.3 is 20.3 Å². The van der Waals surface area contributed by atoms with Crippen LogP contribution in [0.3, 0.4) is 0 Å². The predicted molar refractivity (Wildman–Crippen MR) is 110 cm³/mol. The number of fused-ring (bicyclic) bond motifs is 2. The molecular formula is C22H32N4O2. The maximum atomic E-state index is 12.6. The number of carbonyl (C=O) groups is 1. The van der Waals surface area contributed by atoms with Crippen molar-refractivity contribution in [3.05, 3.63) is 35.9 Å². The third kappa shape index (κ3) is 4.66. The molecule has 3 heterocycles. The molecule has 1 aromatic rings. The van der Waals surface area contributed by atoms with E-state index in [-0.39, 0.29) is 5.91 Å². The number of piperidine rings is 1. The summed E-state index contributed by atoms with van der Waals surface area (Å²) in [6.07, 6.45) is 7.30. The van der Waals surface area contributed by atoms with E-state index in [0.717, 1.165) is 45.2 Å². The van der Waals surface area contributed by atoms with Crippen molar-refractivity contribution in [2.45, 2.75) is 56.8 Å². The number of hydrogen-bond donors (Lipinski definition) is 2. The molecule has 1 aromatic carbocycles. The van der Waals surface area contributed by atoms with Gasteiger partial charge in [-0.3, -0.25) is 9.79 Å². The van der Waals surface area contributed by atoms with E-state index in [2.05, 4.69) is 46.0 Å².